The van der Waals surface area contributed by atoms with E-state index in [0.717, 1.165) is 6.07 Å². The molecule has 0 spiro atoms. The number of anilines is 1. The summed E-state index contributed by atoms with van der Waals surface area (Å²) in [5, 5.41) is 3.67. The van der Waals surface area contributed by atoms with Gasteiger partial charge in [0.25, 0.3) is 0 Å². The Hall–Kier alpha value is -1.10. The van der Waals surface area contributed by atoms with Crippen LogP contribution in [0.5, 0.6) is 0 Å². The van der Waals surface area contributed by atoms with Gasteiger partial charge in [-0.15, -0.1) is 0 Å². The van der Waals surface area contributed by atoms with Crippen molar-refractivity contribution in [1.29, 1.82) is 0 Å². The van der Waals surface area contributed by atoms with Gasteiger partial charge in [0.1, 0.15) is 0 Å². The van der Waals surface area contributed by atoms with E-state index >= 15 is 0 Å². The minimum absolute atomic E-state index is 0.0344. The third kappa shape index (κ3) is 3.96. The molecule has 2 rings (SSSR count). The van der Waals surface area contributed by atoms with E-state index in [9.17, 15) is 13.2 Å². The van der Waals surface area contributed by atoms with Crippen molar-refractivity contribution < 1.29 is 13.2 Å². The van der Waals surface area contributed by atoms with E-state index in [1.807, 2.05) is 0 Å². The number of benzene rings is 2. The predicted octanol–water partition coefficient (Wildman–Crippen LogP) is 6.28. The van der Waals surface area contributed by atoms with Gasteiger partial charge in [0.05, 0.1) is 26.3 Å². The molecule has 0 amide bonds. The van der Waals surface area contributed by atoms with Crippen molar-refractivity contribution in [3.8, 4) is 0 Å². The molecule has 0 heterocycles. The van der Waals surface area contributed by atoms with Crippen LogP contribution in [0.25, 0.3) is 0 Å². The van der Waals surface area contributed by atoms with Crippen molar-refractivity contribution in [2.75, 3.05) is 5.32 Å². The van der Waals surface area contributed by atoms with Crippen molar-refractivity contribution in [3.63, 3.8) is 0 Å². The lowest BCUT2D eigenvalue weighted by Crippen LogP contribution is -2.11. The molecule has 2 aromatic rings. The van der Waals surface area contributed by atoms with Gasteiger partial charge in [0.15, 0.2) is 0 Å². The highest BCUT2D eigenvalue weighted by atomic mass is 35.5. The zero-order valence-electron chi connectivity index (χ0n) is 10.4. The van der Waals surface area contributed by atoms with Gasteiger partial charge < -0.3 is 5.32 Å². The monoisotopic (exact) mass is 353 g/mol. The Bertz CT molecular complexity index is 656. The molecule has 0 saturated carbocycles. The fraction of sp³-hybridized carbons (Fsp3) is 0.143. The zero-order valence-corrected chi connectivity index (χ0v) is 12.7. The van der Waals surface area contributed by atoms with Gasteiger partial charge in [-0.25, -0.2) is 0 Å². The van der Waals surface area contributed by atoms with E-state index in [0.29, 0.717) is 5.69 Å². The van der Waals surface area contributed by atoms with Crippen LogP contribution in [-0.4, -0.2) is 0 Å². The smallest absolute Gasteiger partial charge is 0.380 e. The van der Waals surface area contributed by atoms with Crippen molar-refractivity contribution in [1.82, 2.24) is 0 Å². The van der Waals surface area contributed by atoms with E-state index in [1.54, 1.807) is 6.07 Å². The van der Waals surface area contributed by atoms with Gasteiger partial charge in [-0.05, 0) is 23.8 Å². The van der Waals surface area contributed by atoms with E-state index in [2.05, 4.69) is 5.32 Å². The SMILES string of the molecule is FC(F)(F)c1ccccc1CNc1cc(Cl)c(Cl)cc1Cl. The van der Waals surface area contributed by atoms with Crippen molar-refractivity contribution in [3.05, 3.63) is 62.6 Å². The third-order valence-corrected chi connectivity index (χ3v) is 3.84. The molecule has 1 N–H and O–H groups in total. The molecule has 0 aliphatic heterocycles. The molecule has 1 nitrogen and oxygen atoms in total. The van der Waals surface area contributed by atoms with Gasteiger partial charge in [0, 0.05) is 6.54 Å². The molecule has 112 valence electrons. The van der Waals surface area contributed by atoms with Crippen LogP contribution in [0, 0.1) is 0 Å². The van der Waals surface area contributed by atoms with Crippen LogP contribution in [0.1, 0.15) is 11.1 Å². The fourth-order valence-electron chi connectivity index (χ4n) is 1.80. The maximum atomic E-state index is 12.9. The highest BCUT2D eigenvalue weighted by molar-refractivity contribution is 6.44. The number of halogens is 6. The van der Waals surface area contributed by atoms with Crippen molar-refractivity contribution in [2.45, 2.75) is 12.7 Å². The Labute approximate surface area is 134 Å². The lowest BCUT2D eigenvalue weighted by molar-refractivity contribution is -0.138. The lowest BCUT2D eigenvalue weighted by atomic mass is 10.1. The Morgan fingerprint density at radius 2 is 1.52 bits per heavy atom. The molecule has 0 aliphatic carbocycles. The molecule has 0 atom stereocenters. The van der Waals surface area contributed by atoms with Gasteiger partial charge in [0.2, 0.25) is 0 Å². The van der Waals surface area contributed by atoms with Gasteiger partial charge >= 0.3 is 6.18 Å². The summed E-state index contributed by atoms with van der Waals surface area (Å²) < 4.78 is 38.6. The molecule has 0 saturated heterocycles. The second-order valence-electron chi connectivity index (χ2n) is 4.25. The summed E-state index contributed by atoms with van der Waals surface area (Å²) in [6.45, 7) is -0.0344. The molecule has 7 heteroatoms. The molecule has 21 heavy (non-hydrogen) atoms. The number of nitrogens with one attached hydrogen (secondary N) is 1. The van der Waals surface area contributed by atoms with Crippen LogP contribution < -0.4 is 5.32 Å². The summed E-state index contributed by atoms with van der Waals surface area (Å²) in [6.07, 6.45) is -4.40. The van der Waals surface area contributed by atoms with Crippen molar-refractivity contribution in [2.24, 2.45) is 0 Å². The topological polar surface area (TPSA) is 12.0 Å². The number of hydrogen-bond acceptors (Lipinski definition) is 1. The fourth-order valence-corrected chi connectivity index (χ4v) is 2.41. The Morgan fingerprint density at radius 3 is 2.19 bits per heavy atom. The first kappa shape index (κ1) is 16.3. The van der Waals surface area contributed by atoms with E-state index < -0.39 is 11.7 Å². The number of hydrogen-bond donors (Lipinski definition) is 1. The van der Waals surface area contributed by atoms with E-state index in [-0.39, 0.29) is 27.2 Å². The van der Waals surface area contributed by atoms with Crippen LogP contribution >= 0.6 is 34.8 Å². The molecule has 0 aromatic heterocycles. The Morgan fingerprint density at radius 1 is 0.905 bits per heavy atom. The number of alkyl halides is 3. The average Bonchev–Trinajstić information content (AvgIpc) is 2.41. The summed E-state index contributed by atoms with van der Waals surface area (Å²) in [4.78, 5) is 0. The summed E-state index contributed by atoms with van der Waals surface area (Å²) in [6, 6.07) is 8.24. The summed E-state index contributed by atoms with van der Waals surface area (Å²) in [5.41, 5.74) is -0.149. The first-order valence-electron chi connectivity index (χ1n) is 5.82. The molecule has 0 radical (unpaired) electrons. The third-order valence-electron chi connectivity index (χ3n) is 2.80. The van der Waals surface area contributed by atoms with Crippen molar-refractivity contribution >= 4 is 40.5 Å². The Kier molecular flexibility index (Phi) is 4.91. The second-order valence-corrected chi connectivity index (χ2v) is 5.48. The maximum absolute atomic E-state index is 12.9. The van der Waals surface area contributed by atoms with Crippen LogP contribution in [0.4, 0.5) is 18.9 Å². The first-order valence-corrected chi connectivity index (χ1v) is 6.96. The molecule has 2 aromatic carbocycles. The van der Waals surface area contributed by atoms with Gasteiger partial charge in [-0.2, -0.15) is 13.2 Å². The van der Waals surface area contributed by atoms with Crippen LogP contribution in [0.15, 0.2) is 36.4 Å². The standard InChI is InChI=1S/C14H9Cl3F3N/c15-10-5-12(17)13(6-11(10)16)21-7-8-3-1-2-4-9(8)14(18,19)20/h1-6,21H,7H2. The van der Waals surface area contributed by atoms with Crippen LogP contribution in [0.2, 0.25) is 15.1 Å². The average molecular weight is 355 g/mol. The molecular formula is C14H9Cl3F3N. The minimum Gasteiger partial charge on any atom is -0.380 e. The van der Waals surface area contributed by atoms with Crippen LogP contribution in [0.3, 0.4) is 0 Å². The Balaban J connectivity index is 2.23. The number of rotatable bonds is 3. The molecule has 0 unspecified atom stereocenters. The lowest BCUT2D eigenvalue weighted by Gasteiger charge is -2.15. The maximum Gasteiger partial charge on any atom is 0.416 e. The second kappa shape index (κ2) is 6.34. The van der Waals surface area contributed by atoms with Gasteiger partial charge in [-0.3, -0.25) is 0 Å². The minimum atomic E-state index is -4.40. The first-order chi connectivity index (χ1) is 9.79. The van der Waals surface area contributed by atoms with Crippen LogP contribution in [-0.2, 0) is 12.7 Å². The molecule has 0 bridgehead atoms. The zero-order chi connectivity index (χ0) is 15.6. The molecule has 0 aliphatic rings. The summed E-state index contributed by atoms with van der Waals surface area (Å²) >= 11 is 17.6. The molecular weight excluding hydrogens is 346 g/mol. The predicted molar refractivity (Wildman–Crippen MR) is 80.2 cm³/mol. The van der Waals surface area contributed by atoms with E-state index in [4.69, 9.17) is 34.8 Å². The summed E-state index contributed by atoms with van der Waals surface area (Å²) in [5.74, 6) is 0. The van der Waals surface area contributed by atoms with Gasteiger partial charge in [-0.1, -0.05) is 53.0 Å². The molecule has 0 fully saturated rings. The quantitative estimate of drug-likeness (QED) is 0.640. The summed E-state index contributed by atoms with van der Waals surface area (Å²) in [7, 11) is 0. The highest BCUT2D eigenvalue weighted by Crippen LogP contribution is 2.34. The largest absolute Gasteiger partial charge is 0.416 e. The normalized spacial score (nSPS) is 11.5. The highest BCUT2D eigenvalue weighted by Gasteiger charge is 2.32. The van der Waals surface area contributed by atoms with E-state index in [1.165, 1.54) is 24.3 Å².